The Kier molecular flexibility index (Phi) is 6.55. The standard InChI is InChI=1S/C15H20N2O4/c1-11(2)8-14(18)10-16-15(19)7-6-12-4-3-5-13(9-12)17(20)21/h3-7,9,11,14,18H,8,10H2,1-2H3,(H,16,19)/b7-6+. The summed E-state index contributed by atoms with van der Waals surface area (Å²) in [6, 6.07) is 6.00. The van der Waals surface area contributed by atoms with E-state index in [0.29, 0.717) is 17.9 Å². The molecule has 0 saturated heterocycles. The number of non-ortho nitro benzene ring substituents is 1. The molecule has 0 saturated carbocycles. The minimum Gasteiger partial charge on any atom is -0.391 e. The molecule has 1 rings (SSSR count). The summed E-state index contributed by atoms with van der Waals surface area (Å²) in [6.07, 6.45) is 2.84. The van der Waals surface area contributed by atoms with Crippen LogP contribution in [0.5, 0.6) is 0 Å². The van der Waals surface area contributed by atoms with Crippen LogP contribution in [-0.4, -0.2) is 28.6 Å². The van der Waals surface area contributed by atoms with Crippen molar-refractivity contribution in [2.45, 2.75) is 26.4 Å². The van der Waals surface area contributed by atoms with Gasteiger partial charge >= 0.3 is 0 Å². The largest absolute Gasteiger partial charge is 0.391 e. The van der Waals surface area contributed by atoms with Crippen LogP contribution >= 0.6 is 0 Å². The number of rotatable bonds is 7. The second kappa shape index (κ2) is 8.16. The van der Waals surface area contributed by atoms with E-state index in [4.69, 9.17) is 0 Å². The van der Waals surface area contributed by atoms with Crippen LogP contribution in [0.25, 0.3) is 6.08 Å². The zero-order valence-electron chi connectivity index (χ0n) is 12.2. The molecular formula is C15H20N2O4. The Hall–Kier alpha value is -2.21. The number of carbonyl (C=O) groups excluding carboxylic acids is 1. The van der Waals surface area contributed by atoms with Crippen molar-refractivity contribution in [2.24, 2.45) is 5.92 Å². The van der Waals surface area contributed by atoms with Crippen molar-refractivity contribution in [3.05, 3.63) is 46.0 Å². The van der Waals surface area contributed by atoms with Gasteiger partial charge in [-0.05, 0) is 24.0 Å². The van der Waals surface area contributed by atoms with Crippen molar-refractivity contribution < 1.29 is 14.8 Å². The predicted octanol–water partition coefficient (Wildman–Crippen LogP) is 2.13. The minimum atomic E-state index is -0.569. The molecule has 0 aliphatic heterocycles. The lowest BCUT2D eigenvalue weighted by molar-refractivity contribution is -0.384. The van der Waals surface area contributed by atoms with E-state index in [9.17, 15) is 20.0 Å². The SMILES string of the molecule is CC(C)CC(O)CNC(=O)/C=C/c1cccc([N+](=O)[O-])c1. The van der Waals surface area contributed by atoms with Crippen LogP contribution in [0.15, 0.2) is 30.3 Å². The zero-order chi connectivity index (χ0) is 15.8. The average molecular weight is 292 g/mol. The number of nitrogens with zero attached hydrogens (tertiary/aromatic N) is 1. The lowest BCUT2D eigenvalue weighted by atomic mass is 10.1. The molecule has 21 heavy (non-hydrogen) atoms. The number of nitro benzene ring substituents is 1. The van der Waals surface area contributed by atoms with Crippen molar-refractivity contribution >= 4 is 17.7 Å². The van der Waals surface area contributed by atoms with Gasteiger partial charge in [0, 0.05) is 24.8 Å². The molecule has 6 nitrogen and oxygen atoms in total. The van der Waals surface area contributed by atoms with Crippen molar-refractivity contribution in [3.63, 3.8) is 0 Å². The van der Waals surface area contributed by atoms with Gasteiger partial charge in [-0.1, -0.05) is 26.0 Å². The summed E-state index contributed by atoms with van der Waals surface area (Å²) in [5.41, 5.74) is 0.548. The first-order valence-electron chi connectivity index (χ1n) is 6.77. The molecule has 0 heterocycles. The number of amides is 1. The highest BCUT2D eigenvalue weighted by Crippen LogP contribution is 2.14. The highest BCUT2D eigenvalue weighted by atomic mass is 16.6. The Balaban J connectivity index is 2.50. The maximum atomic E-state index is 11.6. The van der Waals surface area contributed by atoms with Gasteiger partial charge in [0.25, 0.3) is 5.69 Å². The van der Waals surface area contributed by atoms with Gasteiger partial charge in [-0.2, -0.15) is 0 Å². The van der Waals surface area contributed by atoms with Gasteiger partial charge in [-0.15, -0.1) is 0 Å². The molecule has 114 valence electrons. The zero-order valence-corrected chi connectivity index (χ0v) is 12.2. The van der Waals surface area contributed by atoms with Crippen LogP contribution in [0, 0.1) is 16.0 Å². The van der Waals surface area contributed by atoms with Crippen molar-refractivity contribution in [2.75, 3.05) is 6.54 Å². The monoisotopic (exact) mass is 292 g/mol. The van der Waals surface area contributed by atoms with Gasteiger partial charge in [-0.3, -0.25) is 14.9 Å². The van der Waals surface area contributed by atoms with E-state index < -0.39 is 11.0 Å². The summed E-state index contributed by atoms with van der Waals surface area (Å²) in [5, 5.41) is 22.9. The van der Waals surface area contributed by atoms with Gasteiger partial charge in [0.1, 0.15) is 0 Å². The second-order valence-electron chi connectivity index (χ2n) is 5.21. The molecule has 0 bridgehead atoms. The molecule has 0 radical (unpaired) electrons. The van der Waals surface area contributed by atoms with E-state index in [2.05, 4.69) is 5.32 Å². The van der Waals surface area contributed by atoms with Crippen molar-refractivity contribution in [1.29, 1.82) is 0 Å². The fourth-order valence-electron chi connectivity index (χ4n) is 1.82. The number of hydrogen-bond donors (Lipinski definition) is 2. The summed E-state index contributed by atoms with van der Waals surface area (Å²) in [6.45, 7) is 4.18. The maximum absolute atomic E-state index is 11.6. The molecule has 2 N–H and O–H groups in total. The van der Waals surface area contributed by atoms with Crippen LogP contribution in [0.3, 0.4) is 0 Å². The number of aliphatic hydroxyl groups excluding tert-OH is 1. The normalized spacial score (nSPS) is 12.6. The first-order valence-corrected chi connectivity index (χ1v) is 6.77. The minimum absolute atomic E-state index is 0.0232. The Bertz CT molecular complexity index is 526. The molecule has 0 fully saturated rings. The number of benzene rings is 1. The Labute approximate surface area is 123 Å². The smallest absolute Gasteiger partial charge is 0.270 e. The fourth-order valence-corrected chi connectivity index (χ4v) is 1.82. The highest BCUT2D eigenvalue weighted by molar-refractivity contribution is 5.91. The van der Waals surface area contributed by atoms with Gasteiger partial charge in [-0.25, -0.2) is 0 Å². The second-order valence-corrected chi connectivity index (χ2v) is 5.21. The molecule has 1 amide bonds. The van der Waals surface area contributed by atoms with E-state index in [1.807, 2.05) is 13.8 Å². The molecule has 0 aromatic heterocycles. The molecule has 0 spiro atoms. The van der Waals surface area contributed by atoms with Crippen molar-refractivity contribution in [1.82, 2.24) is 5.32 Å². The number of carbonyl (C=O) groups is 1. The third-order valence-corrected chi connectivity index (χ3v) is 2.76. The van der Waals surface area contributed by atoms with Crippen molar-refractivity contribution in [3.8, 4) is 0 Å². The van der Waals surface area contributed by atoms with Gasteiger partial charge in [0.05, 0.1) is 11.0 Å². The summed E-state index contributed by atoms with van der Waals surface area (Å²) in [4.78, 5) is 21.7. The van der Waals surface area contributed by atoms with Crippen LogP contribution in [-0.2, 0) is 4.79 Å². The fraction of sp³-hybridized carbons (Fsp3) is 0.400. The number of aliphatic hydroxyl groups is 1. The number of nitro groups is 1. The molecule has 0 aliphatic carbocycles. The molecule has 1 aromatic carbocycles. The molecule has 1 unspecified atom stereocenters. The Morgan fingerprint density at radius 3 is 2.81 bits per heavy atom. The highest BCUT2D eigenvalue weighted by Gasteiger charge is 2.08. The Morgan fingerprint density at radius 2 is 2.19 bits per heavy atom. The number of hydrogen-bond acceptors (Lipinski definition) is 4. The molecule has 6 heteroatoms. The molecule has 1 atom stereocenters. The van der Waals surface area contributed by atoms with Crippen LogP contribution in [0.1, 0.15) is 25.8 Å². The summed E-state index contributed by atoms with van der Waals surface area (Å²) >= 11 is 0. The van der Waals surface area contributed by atoms with Crippen LogP contribution in [0.4, 0.5) is 5.69 Å². The molecule has 1 aromatic rings. The summed E-state index contributed by atoms with van der Waals surface area (Å²) in [7, 11) is 0. The van der Waals surface area contributed by atoms with E-state index in [1.165, 1.54) is 24.3 Å². The Morgan fingerprint density at radius 1 is 1.48 bits per heavy atom. The van der Waals surface area contributed by atoms with Gasteiger partial charge in [0.2, 0.25) is 5.91 Å². The quantitative estimate of drug-likeness (QED) is 0.457. The lowest BCUT2D eigenvalue weighted by Crippen LogP contribution is -2.31. The van der Waals surface area contributed by atoms with E-state index in [-0.39, 0.29) is 18.1 Å². The summed E-state index contributed by atoms with van der Waals surface area (Å²) in [5.74, 6) is 0.0154. The van der Waals surface area contributed by atoms with E-state index >= 15 is 0 Å². The first-order chi connectivity index (χ1) is 9.88. The van der Waals surface area contributed by atoms with E-state index in [1.54, 1.807) is 12.1 Å². The molecule has 0 aliphatic rings. The van der Waals surface area contributed by atoms with Crippen LogP contribution in [0.2, 0.25) is 0 Å². The summed E-state index contributed by atoms with van der Waals surface area (Å²) < 4.78 is 0. The third kappa shape index (κ3) is 6.67. The van der Waals surface area contributed by atoms with E-state index in [0.717, 1.165) is 0 Å². The average Bonchev–Trinajstić information content (AvgIpc) is 2.42. The topological polar surface area (TPSA) is 92.5 Å². The third-order valence-electron chi connectivity index (χ3n) is 2.76. The maximum Gasteiger partial charge on any atom is 0.270 e. The lowest BCUT2D eigenvalue weighted by Gasteiger charge is -2.12. The van der Waals surface area contributed by atoms with Gasteiger partial charge < -0.3 is 10.4 Å². The predicted molar refractivity (Wildman–Crippen MR) is 80.6 cm³/mol. The number of nitrogens with one attached hydrogen (secondary N) is 1. The van der Waals surface area contributed by atoms with Gasteiger partial charge in [0.15, 0.2) is 0 Å². The van der Waals surface area contributed by atoms with Crippen LogP contribution < -0.4 is 5.32 Å². The molecular weight excluding hydrogens is 272 g/mol. The first kappa shape index (κ1) is 16.8.